The predicted octanol–water partition coefficient (Wildman–Crippen LogP) is 1.34. The van der Waals surface area contributed by atoms with Crippen molar-refractivity contribution in [2.45, 2.75) is 26.3 Å². The summed E-state index contributed by atoms with van der Waals surface area (Å²) in [5.74, 6) is 0.414. The summed E-state index contributed by atoms with van der Waals surface area (Å²) in [5, 5.41) is 26.4. The number of carbonyl (C=O) groups excluding carboxylic acids is 1. The van der Waals surface area contributed by atoms with Crippen LogP contribution in [0.2, 0.25) is 0 Å². The molecule has 0 radical (unpaired) electrons. The molecule has 0 aliphatic carbocycles. The lowest BCUT2D eigenvalue weighted by atomic mass is 9.90. The number of nitrogens with one attached hydrogen (secondary N) is 2. The molecule has 0 aliphatic rings. The SMILES string of the molecule is CC(C)[C@](C)(C#N)NC(=O)CNc1cccc(-c2nnnn2C)c1. The van der Waals surface area contributed by atoms with Gasteiger partial charge in [-0.15, -0.1) is 5.10 Å². The predicted molar refractivity (Wildman–Crippen MR) is 89.7 cm³/mol. The minimum Gasteiger partial charge on any atom is -0.376 e. The van der Waals surface area contributed by atoms with Crippen molar-refractivity contribution in [1.29, 1.82) is 5.26 Å². The van der Waals surface area contributed by atoms with E-state index in [0.29, 0.717) is 5.82 Å². The first-order valence-corrected chi connectivity index (χ1v) is 7.64. The van der Waals surface area contributed by atoms with Gasteiger partial charge in [-0.3, -0.25) is 4.79 Å². The average Bonchev–Trinajstić information content (AvgIpc) is 2.99. The van der Waals surface area contributed by atoms with Gasteiger partial charge in [0.15, 0.2) is 5.82 Å². The van der Waals surface area contributed by atoms with Gasteiger partial charge < -0.3 is 10.6 Å². The van der Waals surface area contributed by atoms with Crippen LogP contribution in [0, 0.1) is 17.2 Å². The summed E-state index contributed by atoms with van der Waals surface area (Å²) in [6.45, 7) is 5.59. The van der Waals surface area contributed by atoms with E-state index in [4.69, 9.17) is 0 Å². The lowest BCUT2D eigenvalue weighted by molar-refractivity contribution is -0.121. The second-order valence-electron chi connectivity index (χ2n) is 6.08. The van der Waals surface area contributed by atoms with E-state index in [1.54, 1.807) is 18.7 Å². The Kier molecular flexibility index (Phi) is 5.14. The summed E-state index contributed by atoms with van der Waals surface area (Å²) >= 11 is 0. The number of amides is 1. The second-order valence-corrected chi connectivity index (χ2v) is 6.08. The van der Waals surface area contributed by atoms with Gasteiger partial charge in [-0.05, 0) is 35.4 Å². The lowest BCUT2D eigenvalue weighted by Gasteiger charge is -2.27. The molecule has 8 nitrogen and oxygen atoms in total. The van der Waals surface area contributed by atoms with Crippen LogP contribution in [0.15, 0.2) is 24.3 Å². The minimum atomic E-state index is -0.884. The summed E-state index contributed by atoms with van der Waals surface area (Å²) in [6, 6.07) is 9.63. The zero-order valence-electron chi connectivity index (χ0n) is 14.2. The van der Waals surface area contributed by atoms with Crippen LogP contribution in [0.3, 0.4) is 0 Å². The largest absolute Gasteiger partial charge is 0.376 e. The van der Waals surface area contributed by atoms with Gasteiger partial charge in [-0.25, -0.2) is 4.68 Å². The van der Waals surface area contributed by atoms with Crippen molar-refractivity contribution in [3.8, 4) is 17.5 Å². The quantitative estimate of drug-likeness (QED) is 0.829. The van der Waals surface area contributed by atoms with Crippen molar-refractivity contribution < 1.29 is 4.79 Å². The third kappa shape index (κ3) is 3.87. The van der Waals surface area contributed by atoms with E-state index in [2.05, 4.69) is 32.2 Å². The van der Waals surface area contributed by atoms with E-state index in [-0.39, 0.29) is 18.4 Å². The maximum atomic E-state index is 12.1. The van der Waals surface area contributed by atoms with Crippen LogP contribution < -0.4 is 10.6 Å². The number of benzene rings is 1. The zero-order valence-corrected chi connectivity index (χ0v) is 14.2. The van der Waals surface area contributed by atoms with Gasteiger partial charge >= 0.3 is 0 Å². The number of aromatic nitrogens is 4. The maximum absolute atomic E-state index is 12.1. The van der Waals surface area contributed by atoms with Gasteiger partial charge in [-0.2, -0.15) is 5.26 Å². The molecule has 2 aromatic rings. The van der Waals surface area contributed by atoms with Crippen molar-refractivity contribution in [3.63, 3.8) is 0 Å². The first-order valence-electron chi connectivity index (χ1n) is 7.64. The van der Waals surface area contributed by atoms with E-state index in [9.17, 15) is 10.1 Å². The molecule has 24 heavy (non-hydrogen) atoms. The molecule has 8 heteroatoms. The molecule has 0 aliphatic heterocycles. The van der Waals surface area contributed by atoms with E-state index < -0.39 is 5.54 Å². The topological polar surface area (TPSA) is 109 Å². The second kappa shape index (κ2) is 7.08. The van der Waals surface area contributed by atoms with Crippen molar-refractivity contribution in [3.05, 3.63) is 24.3 Å². The Morgan fingerprint density at radius 3 is 2.79 bits per heavy atom. The lowest BCUT2D eigenvalue weighted by Crippen LogP contribution is -2.50. The Balaban J connectivity index is 2.02. The van der Waals surface area contributed by atoms with Crippen molar-refractivity contribution in [1.82, 2.24) is 25.5 Å². The fraction of sp³-hybridized carbons (Fsp3) is 0.438. The zero-order chi connectivity index (χ0) is 17.7. The van der Waals surface area contributed by atoms with Crippen molar-refractivity contribution in [2.75, 3.05) is 11.9 Å². The highest BCUT2D eigenvalue weighted by atomic mass is 16.2. The van der Waals surface area contributed by atoms with Crippen LogP contribution in [-0.4, -0.2) is 38.2 Å². The number of hydrogen-bond donors (Lipinski definition) is 2. The van der Waals surface area contributed by atoms with Gasteiger partial charge in [0.2, 0.25) is 5.91 Å². The molecule has 1 heterocycles. The Labute approximate surface area is 140 Å². The van der Waals surface area contributed by atoms with Crippen LogP contribution in [0.1, 0.15) is 20.8 Å². The Morgan fingerprint density at radius 1 is 1.46 bits per heavy atom. The highest BCUT2D eigenvalue weighted by molar-refractivity contribution is 5.82. The summed E-state index contributed by atoms with van der Waals surface area (Å²) in [5.41, 5.74) is 0.732. The highest BCUT2D eigenvalue weighted by Gasteiger charge is 2.29. The molecule has 1 aromatic carbocycles. The molecule has 126 valence electrons. The molecule has 0 saturated heterocycles. The van der Waals surface area contributed by atoms with Gasteiger partial charge in [0.05, 0.1) is 12.6 Å². The summed E-state index contributed by atoms with van der Waals surface area (Å²) < 4.78 is 1.58. The van der Waals surface area contributed by atoms with Gasteiger partial charge in [-0.1, -0.05) is 26.0 Å². The Hall–Kier alpha value is -2.95. The van der Waals surface area contributed by atoms with Gasteiger partial charge in [0.25, 0.3) is 0 Å². The number of aryl methyl sites for hydroxylation is 1. The van der Waals surface area contributed by atoms with Crippen LogP contribution >= 0.6 is 0 Å². The fourth-order valence-corrected chi connectivity index (χ4v) is 2.06. The van der Waals surface area contributed by atoms with Crippen molar-refractivity contribution in [2.24, 2.45) is 13.0 Å². The molecule has 1 aromatic heterocycles. The van der Waals surface area contributed by atoms with Gasteiger partial charge in [0.1, 0.15) is 5.54 Å². The van der Waals surface area contributed by atoms with Crippen LogP contribution in [-0.2, 0) is 11.8 Å². The average molecular weight is 327 g/mol. The molecule has 0 saturated carbocycles. The third-order valence-corrected chi connectivity index (χ3v) is 3.98. The van der Waals surface area contributed by atoms with Crippen LogP contribution in [0.25, 0.3) is 11.4 Å². The molecule has 0 fully saturated rings. The fourth-order valence-electron chi connectivity index (χ4n) is 2.06. The number of nitriles is 1. The van der Waals surface area contributed by atoms with Crippen LogP contribution in [0.5, 0.6) is 0 Å². The number of tetrazole rings is 1. The minimum absolute atomic E-state index is 0.0122. The molecular weight excluding hydrogens is 306 g/mol. The molecule has 1 atom stereocenters. The molecule has 0 unspecified atom stereocenters. The summed E-state index contributed by atoms with van der Waals surface area (Å²) in [4.78, 5) is 12.1. The summed E-state index contributed by atoms with van der Waals surface area (Å²) in [7, 11) is 1.76. The van der Waals surface area contributed by atoms with Gasteiger partial charge in [0, 0.05) is 18.3 Å². The molecule has 0 spiro atoms. The number of carbonyl (C=O) groups is 1. The summed E-state index contributed by atoms with van der Waals surface area (Å²) in [6.07, 6.45) is 0. The number of hydrogen-bond acceptors (Lipinski definition) is 6. The van der Waals surface area contributed by atoms with E-state index in [1.165, 1.54) is 0 Å². The molecule has 0 bridgehead atoms. The molecule has 2 rings (SSSR count). The molecular formula is C16H21N7O. The maximum Gasteiger partial charge on any atom is 0.240 e. The molecule has 1 amide bonds. The normalized spacial score (nSPS) is 13.2. The van der Waals surface area contributed by atoms with Crippen LogP contribution in [0.4, 0.5) is 5.69 Å². The van der Waals surface area contributed by atoms with Crippen molar-refractivity contribution >= 4 is 11.6 Å². The first-order chi connectivity index (χ1) is 11.4. The Bertz CT molecular complexity index is 762. The van der Waals surface area contributed by atoms with E-state index >= 15 is 0 Å². The monoisotopic (exact) mass is 327 g/mol. The highest BCUT2D eigenvalue weighted by Crippen LogP contribution is 2.19. The Morgan fingerprint density at radius 2 is 2.21 bits per heavy atom. The van der Waals surface area contributed by atoms with E-state index in [0.717, 1.165) is 11.3 Å². The third-order valence-electron chi connectivity index (χ3n) is 3.98. The number of nitrogens with zero attached hydrogens (tertiary/aromatic N) is 5. The smallest absolute Gasteiger partial charge is 0.240 e. The first kappa shape index (κ1) is 17.4. The number of rotatable bonds is 6. The van der Waals surface area contributed by atoms with E-state index in [1.807, 2.05) is 38.1 Å². The number of anilines is 1. The standard InChI is InChI=1S/C16H21N7O/c1-11(2)16(3,10-17)19-14(24)9-18-13-7-5-6-12(8-13)15-20-21-22-23(15)4/h5-8,11,18H,9H2,1-4H3,(H,19,24)/t16-/m0/s1. The molecule has 2 N–H and O–H groups in total.